The molecule has 2 heterocycles. The Morgan fingerprint density at radius 3 is 2.89 bits per heavy atom. The van der Waals surface area contributed by atoms with Gasteiger partial charge in [0.05, 0.1) is 12.8 Å². The minimum Gasteiger partial charge on any atom is -0.481 e. The summed E-state index contributed by atoms with van der Waals surface area (Å²) in [6.45, 7) is 4.79. The first-order chi connectivity index (χ1) is 8.74. The second kappa shape index (κ2) is 5.44. The molecule has 5 nitrogen and oxygen atoms in total. The van der Waals surface area contributed by atoms with Crippen molar-refractivity contribution >= 4 is 5.95 Å². The number of ether oxygens (including phenoxy) is 1. The molecule has 1 N–H and O–H groups in total. The normalized spacial score (nSPS) is 10.2. The number of hydrogen-bond donors (Lipinski definition) is 1. The molecule has 0 saturated heterocycles. The molecule has 0 bridgehead atoms. The molecular formula is C13H16N4O. The van der Waals surface area contributed by atoms with E-state index >= 15 is 0 Å². The molecular weight excluding hydrogens is 228 g/mol. The highest BCUT2D eigenvalue weighted by Gasteiger charge is 2.07. The zero-order valence-electron chi connectivity index (χ0n) is 10.8. The maximum absolute atomic E-state index is 5.12. The highest BCUT2D eigenvalue weighted by molar-refractivity contribution is 5.64. The van der Waals surface area contributed by atoms with Crippen molar-refractivity contribution in [3.8, 4) is 17.1 Å². The van der Waals surface area contributed by atoms with Gasteiger partial charge in [-0.2, -0.15) is 0 Å². The van der Waals surface area contributed by atoms with Crippen molar-refractivity contribution in [2.45, 2.75) is 13.8 Å². The van der Waals surface area contributed by atoms with Gasteiger partial charge in [0.25, 0.3) is 0 Å². The third-order valence-corrected chi connectivity index (χ3v) is 2.52. The monoisotopic (exact) mass is 244 g/mol. The van der Waals surface area contributed by atoms with Crippen LogP contribution < -0.4 is 10.1 Å². The smallest absolute Gasteiger partial charge is 0.223 e. The Balaban J connectivity index is 2.44. The van der Waals surface area contributed by atoms with Crippen LogP contribution in [0, 0.1) is 6.92 Å². The number of aryl methyl sites for hydroxylation is 1. The van der Waals surface area contributed by atoms with Crippen molar-refractivity contribution in [3.63, 3.8) is 0 Å². The molecule has 2 rings (SSSR count). The highest BCUT2D eigenvalue weighted by Crippen LogP contribution is 2.23. The standard InChI is InChI=1S/C13H16N4O/c1-4-14-13-16-8-9(2)12(17-13)10-5-6-15-11(7-10)18-3/h5-8H,4H2,1-3H3,(H,14,16,17). The molecule has 0 aliphatic heterocycles. The number of nitrogens with zero attached hydrogens (tertiary/aromatic N) is 3. The first-order valence-corrected chi connectivity index (χ1v) is 5.82. The van der Waals surface area contributed by atoms with Gasteiger partial charge in [-0.05, 0) is 25.5 Å². The van der Waals surface area contributed by atoms with E-state index in [9.17, 15) is 0 Å². The topological polar surface area (TPSA) is 59.9 Å². The zero-order valence-corrected chi connectivity index (χ0v) is 10.8. The molecule has 0 fully saturated rings. The minimum atomic E-state index is 0.579. The molecule has 0 atom stereocenters. The minimum absolute atomic E-state index is 0.579. The van der Waals surface area contributed by atoms with Crippen molar-refractivity contribution in [1.82, 2.24) is 15.0 Å². The van der Waals surface area contributed by atoms with Crippen LogP contribution in [-0.2, 0) is 0 Å². The summed E-state index contributed by atoms with van der Waals surface area (Å²) < 4.78 is 5.12. The van der Waals surface area contributed by atoms with Crippen LogP contribution in [0.4, 0.5) is 5.95 Å². The van der Waals surface area contributed by atoms with Gasteiger partial charge in [0.1, 0.15) is 0 Å². The van der Waals surface area contributed by atoms with Gasteiger partial charge >= 0.3 is 0 Å². The second-order valence-corrected chi connectivity index (χ2v) is 3.84. The van der Waals surface area contributed by atoms with Gasteiger partial charge in [-0.3, -0.25) is 0 Å². The third-order valence-electron chi connectivity index (χ3n) is 2.52. The average Bonchev–Trinajstić information content (AvgIpc) is 2.41. The molecule has 0 aliphatic carbocycles. The predicted molar refractivity (Wildman–Crippen MR) is 70.7 cm³/mol. The molecule has 5 heteroatoms. The van der Waals surface area contributed by atoms with E-state index in [-0.39, 0.29) is 0 Å². The first-order valence-electron chi connectivity index (χ1n) is 5.82. The van der Waals surface area contributed by atoms with Crippen LogP contribution in [0.5, 0.6) is 5.88 Å². The lowest BCUT2D eigenvalue weighted by Gasteiger charge is -2.08. The van der Waals surface area contributed by atoms with Crippen molar-refractivity contribution in [3.05, 3.63) is 30.1 Å². The molecule has 0 saturated carbocycles. The SMILES string of the molecule is CCNc1ncc(C)c(-c2ccnc(OC)c2)n1. The lowest BCUT2D eigenvalue weighted by atomic mass is 10.1. The fourth-order valence-corrected chi connectivity index (χ4v) is 1.65. The quantitative estimate of drug-likeness (QED) is 0.894. The van der Waals surface area contributed by atoms with E-state index < -0.39 is 0 Å². The molecule has 0 radical (unpaired) electrons. The van der Waals surface area contributed by atoms with Crippen molar-refractivity contribution in [2.75, 3.05) is 19.0 Å². The number of methoxy groups -OCH3 is 1. The van der Waals surface area contributed by atoms with E-state index in [0.717, 1.165) is 23.4 Å². The molecule has 0 aliphatic rings. The lowest BCUT2D eigenvalue weighted by Crippen LogP contribution is -2.03. The molecule has 0 amide bonds. The van der Waals surface area contributed by atoms with Gasteiger partial charge in [-0.1, -0.05) is 0 Å². The maximum atomic E-state index is 5.12. The number of rotatable bonds is 4. The number of aromatic nitrogens is 3. The first kappa shape index (κ1) is 12.3. The summed E-state index contributed by atoms with van der Waals surface area (Å²) in [5, 5.41) is 3.10. The lowest BCUT2D eigenvalue weighted by molar-refractivity contribution is 0.398. The number of anilines is 1. The molecule has 18 heavy (non-hydrogen) atoms. The van der Waals surface area contributed by atoms with E-state index in [0.29, 0.717) is 11.8 Å². The Hall–Kier alpha value is -2.17. The number of pyridine rings is 1. The van der Waals surface area contributed by atoms with Crippen molar-refractivity contribution < 1.29 is 4.74 Å². The van der Waals surface area contributed by atoms with Gasteiger partial charge in [0, 0.05) is 30.6 Å². The Morgan fingerprint density at radius 2 is 2.17 bits per heavy atom. The van der Waals surface area contributed by atoms with Crippen LogP contribution >= 0.6 is 0 Å². The van der Waals surface area contributed by atoms with Crippen LogP contribution in [0.1, 0.15) is 12.5 Å². The van der Waals surface area contributed by atoms with Crippen LogP contribution in [0.3, 0.4) is 0 Å². The Bertz CT molecular complexity index is 542. The fourth-order valence-electron chi connectivity index (χ4n) is 1.65. The highest BCUT2D eigenvalue weighted by atomic mass is 16.5. The average molecular weight is 244 g/mol. The van der Waals surface area contributed by atoms with E-state index in [2.05, 4.69) is 20.3 Å². The van der Waals surface area contributed by atoms with Gasteiger partial charge < -0.3 is 10.1 Å². The Labute approximate surface area is 106 Å². The van der Waals surface area contributed by atoms with Gasteiger partial charge in [-0.25, -0.2) is 15.0 Å². The molecule has 2 aromatic heterocycles. The van der Waals surface area contributed by atoms with E-state index in [1.165, 1.54) is 0 Å². The molecule has 0 spiro atoms. The summed E-state index contributed by atoms with van der Waals surface area (Å²) >= 11 is 0. The van der Waals surface area contributed by atoms with E-state index in [4.69, 9.17) is 4.74 Å². The molecule has 0 unspecified atom stereocenters. The van der Waals surface area contributed by atoms with Gasteiger partial charge in [-0.15, -0.1) is 0 Å². The van der Waals surface area contributed by atoms with Crippen LogP contribution in [0.25, 0.3) is 11.3 Å². The third kappa shape index (κ3) is 2.56. The summed E-state index contributed by atoms with van der Waals surface area (Å²) in [6, 6.07) is 3.78. The van der Waals surface area contributed by atoms with Crippen molar-refractivity contribution in [2.24, 2.45) is 0 Å². The number of nitrogens with one attached hydrogen (secondary N) is 1. The Morgan fingerprint density at radius 1 is 1.33 bits per heavy atom. The van der Waals surface area contributed by atoms with Crippen LogP contribution in [-0.4, -0.2) is 28.6 Å². The number of hydrogen-bond acceptors (Lipinski definition) is 5. The van der Waals surface area contributed by atoms with E-state index in [1.807, 2.05) is 32.2 Å². The van der Waals surface area contributed by atoms with Crippen molar-refractivity contribution in [1.29, 1.82) is 0 Å². The summed E-state index contributed by atoms with van der Waals surface area (Å²) in [5.74, 6) is 1.21. The van der Waals surface area contributed by atoms with Gasteiger partial charge in [0.2, 0.25) is 11.8 Å². The predicted octanol–water partition coefficient (Wildman–Crippen LogP) is 2.29. The summed E-state index contributed by atoms with van der Waals surface area (Å²) in [4.78, 5) is 12.8. The van der Waals surface area contributed by atoms with Crippen LogP contribution in [0.15, 0.2) is 24.5 Å². The molecule has 94 valence electrons. The summed E-state index contributed by atoms with van der Waals surface area (Å²) in [6.07, 6.45) is 3.52. The van der Waals surface area contributed by atoms with E-state index in [1.54, 1.807) is 13.3 Å². The molecule has 0 aromatic carbocycles. The van der Waals surface area contributed by atoms with Gasteiger partial charge in [0.15, 0.2) is 0 Å². The zero-order chi connectivity index (χ0) is 13.0. The largest absolute Gasteiger partial charge is 0.481 e. The summed E-state index contributed by atoms with van der Waals surface area (Å²) in [5.41, 5.74) is 2.88. The second-order valence-electron chi connectivity index (χ2n) is 3.84. The molecule has 2 aromatic rings. The maximum Gasteiger partial charge on any atom is 0.223 e. The van der Waals surface area contributed by atoms with Crippen LogP contribution in [0.2, 0.25) is 0 Å². The summed E-state index contributed by atoms with van der Waals surface area (Å²) in [7, 11) is 1.60. The Kier molecular flexibility index (Phi) is 3.72. The fraction of sp³-hybridized carbons (Fsp3) is 0.308.